The molecular formula is C10H15N3O4S. The zero-order valence-electron chi connectivity index (χ0n) is 9.92. The van der Waals surface area contributed by atoms with Gasteiger partial charge in [-0.3, -0.25) is 10.1 Å². The number of benzene rings is 1. The number of anilines is 1. The molecule has 0 heterocycles. The average molecular weight is 273 g/mol. The molecule has 0 aromatic heterocycles. The van der Waals surface area contributed by atoms with E-state index >= 15 is 0 Å². The number of nitrogens with two attached hydrogens (primary N) is 1. The van der Waals surface area contributed by atoms with Crippen molar-refractivity contribution in [2.24, 2.45) is 0 Å². The molecule has 18 heavy (non-hydrogen) atoms. The molecule has 1 aromatic rings. The minimum Gasteiger partial charge on any atom is -0.393 e. The van der Waals surface area contributed by atoms with Crippen LogP contribution in [0.1, 0.15) is 19.8 Å². The highest BCUT2D eigenvalue weighted by Crippen LogP contribution is 2.29. The number of hydrogen-bond acceptors (Lipinski definition) is 5. The lowest BCUT2D eigenvalue weighted by atomic mass is 10.3. The summed E-state index contributed by atoms with van der Waals surface area (Å²) < 4.78 is 26.1. The van der Waals surface area contributed by atoms with Gasteiger partial charge in [-0.05, 0) is 18.6 Å². The van der Waals surface area contributed by atoms with Crippen LogP contribution in [0.3, 0.4) is 0 Å². The van der Waals surface area contributed by atoms with Gasteiger partial charge in [0.1, 0.15) is 5.69 Å². The van der Waals surface area contributed by atoms with Gasteiger partial charge in [0.15, 0.2) is 4.90 Å². The van der Waals surface area contributed by atoms with Gasteiger partial charge in [0.05, 0.1) is 4.92 Å². The molecular weight excluding hydrogens is 258 g/mol. The third kappa shape index (κ3) is 3.17. The Morgan fingerprint density at radius 2 is 2.11 bits per heavy atom. The largest absolute Gasteiger partial charge is 0.393 e. The summed E-state index contributed by atoms with van der Waals surface area (Å²) in [5, 5.41) is 10.9. The normalized spacial score (nSPS) is 11.4. The van der Waals surface area contributed by atoms with Gasteiger partial charge in [0.25, 0.3) is 0 Å². The van der Waals surface area contributed by atoms with Crippen LogP contribution < -0.4 is 10.5 Å². The number of hydrogen-bond donors (Lipinski definition) is 2. The molecule has 0 atom stereocenters. The Labute approximate surface area is 105 Å². The van der Waals surface area contributed by atoms with Gasteiger partial charge < -0.3 is 5.73 Å². The molecule has 0 amide bonds. The number of rotatable bonds is 6. The molecule has 1 aromatic carbocycles. The monoisotopic (exact) mass is 273 g/mol. The van der Waals surface area contributed by atoms with Crippen LogP contribution in [-0.4, -0.2) is 19.9 Å². The van der Waals surface area contributed by atoms with E-state index in [1.807, 2.05) is 6.92 Å². The maximum Gasteiger partial charge on any atom is 0.312 e. The van der Waals surface area contributed by atoms with Crippen molar-refractivity contribution >= 4 is 21.4 Å². The van der Waals surface area contributed by atoms with Gasteiger partial charge in [-0.2, -0.15) is 0 Å². The summed E-state index contributed by atoms with van der Waals surface area (Å²) in [7, 11) is -3.90. The van der Waals surface area contributed by atoms with Crippen LogP contribution in [0.4, 0.5) is 11.4 Å². The van der Waals surface area contributed by atoms with Crippen molar-refractivity contribution in [3.63, 3.8) is 0 Å². The Balaban J connectivity index is 3.16. The number of nitrogens with one attached hydrogen (secondary N) is 1. The van der Waals surface area contributed by atoms with E-state index < -0.39 is 25.5 Å². The van der Waals surface area contributed by atoms with Crippen LogP contribution in [-0.2, 0) is 10.0 Å². The molecule has 8 heteroatoms. The number of nitro groups is 1. The van der Waals surface area contributed by atoms with Gasteiger partial charge >= 0.3 is 5.69 Å². The molecule has 100 valence electrons. The topological polar surface area (TPSA) is 115 Å². The molecule has 0 bridgehead atoms. The van der Waals surface area contributed by atoms with E-state index in [0.717, 1.165) is 6.42 Å². The van der Waals surface area contributed by atoms with Gasteiger partial charge in [0, 0.05) is 6.54 Å². The molecule has 0 radical (unpaired) electrons. The van der Waals surface area contributed by atoms with Crippen LogP contribution in [0, 0.1) is 10.1 Å². The smallest absolute Gasteiger partial charge is 0.312 e. The Kier molecular flexibility index (Phi) is 4.62. The van der Waals surface area contributed by atoms with E-state index in [1.165, 1.54) is 18.2 Å². The lowest BCUT2D eigenvalue weighted by Gasteiger charge is -2.07. The molecule has 0 aliphatic carbocycles. The summed E-state index contributed by atoms with van der Waals surface area (Å²) in [6.45, 7) is 2.15. The summed E-state index contributed by atoms with van der Waals surface area (Å²) in [4.78, 5) is 9.67. The van der Waals surface area contributed by atoms with E-state index in [1.54, 1.807) is 0 Å². The maximum atomic E-state index is 11.9. The van der Waals surface area contributed by atoms with Crippen molar-refractivity contribution in [3.05, 3.63) is 28.3 Å². The van der Waals surface area contributed by atoms with Crippen molar-refractivity contribution in [1.29, 1.82) is 0 Å². The molecule has 0 unspecified atom stereocenters. The maximum absolute atomic E-state index is 11.9. The lowest BCUT2D eigenvalue weighted by molar-refractivity contribution is -0.386. The Morgan fingerprint density at radius 3 is 2.67 bits per heavy atom. The third-order valence-electron chi connectivity index (χ3n) is 2.32. The first kappa shape index (κ1) is 14.4. The third-order valence-corrected chi connectivity index (χ3v) is 3.82. The fraction of sp³-hybridized carbons (Fsp3) is 0.400. The highest BCUT2D eigenvalue weighted by Gasteiger charge is 2.27. The number of sulfonamides is 1. The van der Waals surface area contributed by atoms with Crippen LogP contribution in [0.5, 0.6) is 0 Å². The SMILES string of the molecule is CCCCNS(=O)(=O)c1cccc(N)c1[N+](=O)[O-]. The van der Waals surface area contributed by atoms with Crippen molar-refractivity contribution in [2.75, 3.05) is 12.3 Å². The second kappa shape index (κ2) is 5.78. The number of nitrogen functional groups attached to an aromatic ring is 1. The zero-order valence-corrected chi connectivity index (χ0v) is 10.7. The number of unbranched alkanes of at least 4 members (excludes halogenated alkanes) is 1. The Morgan fingerprint density at radius 1 is 1.44 bits per heavy atom. The molecule has 0 aliphatic rings. The minimum absolute atomic E-state index is 0.168. The summed E-state index contributed by atoms with van der Waals surface area (Å²) >= 11 is 0. The first-order valence-corrected chi connectivity index (χ1v) is 6.91. The Hall–Kier alpha value is -1.67. The average Bonchev–Trinajstić information content (AvgIpc) is 2.28. The van der Waals surface area contributed by atoms with Crippen molar-refractivity contribution < 1.29 is 13.3 Å². The second-order valence-corrected chi connectivity index (χ2v) is 5.44. The van der Waals surface area contributed by atoms with Crippen LogP contribution >= 0.6 is 0 Å². The summed E-state index contributed by atoms with van der Waals surface area (Å²) in [6.07, 6.45) is 1.48. The molecule has 0 spiro atoms. The van der Waals surface area contributed by atoms with E-state index in [-0.39, 0.29) is 12.2 Å². The molecule has 0 aliphatic heterocycles. The van der Waals surface area contributed by atoms with Gasteiger partial charge in [-0.25, -0.2) is 13.1 Å². The summed E-state index contributed by atoms with van der Waals surface area (Å²) in [5.41, 5.74) is 4.69. The van der Waals surface area contributed by atoms with Gasteiger partial charge in [-0.1, -0.05) is 19.4 Å². The quantitative estimate of drug-likeness (QED) is 0.350. The minimum atomic E-state index is -3.90. The van der Waals surface area contributed by atoms with E-state index in [2.05, 4.69) is 4.72 Å². The fourth-order valence-corrected chi connectivity index (χ4v) is 2.69. The van der Waals surface area contributed by atoms with Crippen LogP contribution in [0.25, 0.3) is 0 Å². The van der Waals surface area contributed by atoms with Crippen molar-refractivity contribution in [1.82, 2.24) is 4.72 Å². The lowest BCUT2D eigenvalue weighted by Crippen LogP contribution is -2.25. The number of nitrogens with zero attached hydrogens (tertiary/aromatic N) is 1. The van der Waals surface area contributed by atoms with Gasteiger partial charge in [0.2, 0.25) is 10.0 Å². The summed E-state index contributed by atoms with van der Waals surface area (Å²) in [5.74, 6) is 0. The number of nitro benzene ring substituents is 1. The number of para-hydroxylation sites is 1. The van der Waals surface area contributed by atoms with E-state index in [4.69, 9.17) is 5.73 Å². The predicted molar refractivity (Wildman–Crippen MR) is 67.6 cm³/mol. The molecule has 0 saturated carbocycles. The van der Waals surface area contributed by atoms with E-state index in [9.17, 15) is 18.5 Å². The highest BCUT2D eigenvalue weighted by molar-refractivity contribution is 7.89. The highest BCUT2D eigenvalue weighted by atomic mass is 32.2. The molecule has 0 saturated heterocycles. The zero-order chi connectivity index (χ0) is 13.8. The molecule has 1 rings (SSSR count). The molecule has 7 nitrogen and oxygen atoms in total. The molecule has 0 fully saturated rings. The second-order valence-electron chi connectivity index (χ2n) is 3.70. The predicted octanol–water partition coefficient (Wildman–Crippen LogP) is 1.26. The van der Waals surface area contributed by atoms with Crippen molar-refractivity contribution in [3.8, 4) is 0 Å². The van der Waals surface area contributed by atoms with Crippen LogP contribution in [0.15, 0.2) is 23.1 Å². The van der Waals surface area contributed by atoms with Gasteiger partial charge in [-0.15, -0.1) is 0 Å². The van der Waals surface area contributed by atoms with Crippen molar-refractivity contribution in [2.45, 2.75) is 24.7 Å². The Bertz CT molecular complexity index is 542. The first-order valence-electron chi connectivity index (χ1n) is 5.42. The van der Waals surface area contributed by atoms with Crippen LogP contribution in [0.2, 0.25) is 0 Å². The standard InChI is InChI=1S/C10H15N3O4S/c1-2-3-7-12-18(16,17)9-6-4-5-8(11)10(9)13(14)15/h4-6,12H,2-3,7,11H2,1H3. The first-order chi connectivity index (χ1) is 8.40. The fourth-order valence-electron chi connectivity index (χ4n) is 1.41. The van der Waals surface area contributed by atoms with E-state index in [0.29, 0.717) is 6.42 Å². The summed E-state index contributed by atoms with van der Waals surface area (Å²) in [6, 6.07) is 3.84. The molecule has 3 N–H and O–H groups in total.